The molecule has 210 valence electrons. The fraction of sp³-hybridized carbons (Fsp3) is 0.774. The molecule has 0 radical (unpaired) electrons. The van der Waals surface area contributed by atoms with Crippen LogP contribution in [0.2, 0.25) is 0 Å². The lowest BCUT2D eigenvalue weighted by Crippen LogP contribution is -2.39. The van der Waals surface area contributed by atoms with Crippen LogP contribution in [-0.4, -0.2) is 61.0 Å². The maximum absolute atomic E-state index is 13.1. The zero-order valence-corrected chi connectivity index (χ0v) is 24.1. The average Bonchev–Trinajstić information content (AvgIpc) is 3.51. The summed E-state index contributed by atoms with van der Waals surface area (Å²) in [5.41, 5.74) is 0.628. The summed E-state index contributed by atoms with van der Waals surface area (Å²) in [4.78, 5) is 15.0. The summed E-state index contributed by atoms with van der Waals surface area (Å²) in [7, 11) is 1.67. The Morgan fingerprint density at radius 2 is 1.78 bits per heavy atom. The Morgan fingerprint density at radius 1 is 1.11 bits per heavy atom. The first kappa shape index (κ1) is 29.8. The van der Waals surface area contributed by atoms with Gasteiger partial charge in [0.15, 0.2) is 11.5 Å². The van der Waals surface area contributed by atoms with Crippen LogP contribution in [0.5, 0.6) is 11.5 Å². The predicted molar refractivity (Wildman–Crippen MR) is 148 cm³/mol. The molecule has 1 saturated heterocycles. The minimum absolute atomic E-state index is 0.00277. The number of ether oxygens (including phenoxy) is 3. The third-order valence-corrected chi connectivity index (χ3v) is 8.55. The molecule has 2 aliphatic carbocycles. The number of benzene rings is 1. The van der Waals surface area contributed by atoms with Gasteiger partial charge in [-0.1, -0.05) is 53.0 Å². The van der Waals surface area contributed by atoms with Crippen molar-refractivity contribution in [3.8, 4) is 11.5 Å². The van der Waals surface area contributed by atoms with Crippen LogP contribution < -0.4 is 9.47 Å². The zero-order valence-electron chi connectivity index (χ0n) is 24.1. The number of nitrogens with zero attached hydrogens (tertiary/aromatic N) is 1. The molecule has 1 aromatic rings. The first-order valence-electron chi connectivity index (χ1n) is 14.6. The molecule has 6 heteroatoms. The van der Waals surface area contributed by atoms with Gasteiger partial charge < -0.3 is 24.2 Å². The third kappa shape index (κ3) is 7.63. The highest BCUT2D eigenvalue weighted by molar-refractivity contribution is 5.78. The van der Waals surface area contributed by atoms with E-state index in [0.717, 1.165) is 42.7 Å². The molecule has 0 aromatic heterocycles. The molecular formula is C31H51NO5. The van der Waals surface area contributed by atoms with Gasteiger partial charge in [-0.05, 0) is 69.1 Å². The van der Waals surface area contributed by atoms with Gasteiger partial charge in [0.25, 0.3) is 0 Å². The lowest BCUT2D eigenvalue weighted by molar-refractivity contribution is -0.138. The van der Waals surface area contributed by atoms with Crippen molar-refractivity contribution in [1.29, 1.82) is 0 Å². The number of rotatable bonds is 8. The van der Waals surface area contributed by atoms with Gasteiger partial charge in [-0.3, -0.25) is 4.79 Å². The molecule has 3 fully saturated rings. The minimum Gasteiger partial charge on any atom is -0.493 e. The largest absolute Gasteiger partial charge is 0.493 e. The van der Waals surface area contributed by atoms with Crippen molar-refractivity contribution in [1.82, 2.24) is 4.90 Å². The molecule has 1 aliphatic heterocycles. The van der Waals surface area contributed by atoms with Crippen molar-refractivity contribution in [2.24, 2.45) is 11.3 Å². The molecule has 2 saturated carbocycles. The second kappa shape index (κ2) is 13.8. The van der Waals surface area contributed by atoms with Gasteiger partial charge in [-0.2, -0.15) is 0 Å². The summed E-state index contributed by atoms with van der Waals surface area (Å²) in [6.07, 6.45) is 10.2. The maximum Gasteiger partial charge on any atom is 0.248 e. The van der Waals surface area contributed by atoms with E-state index in [9.17, 15) is 9.90 Å². The van der Waals surface area contributed by atoms with Crippen LogP contribution >= 0.6 is 0 Å². The molecule has 1 aromatic carbocycles. The average molecular weight is 518 g/mol. The van der Waals surface area contributed by atoms with Crippen LogP contribution in [0.4, 0.5) is 0 Å². The highest BCUT2D eigenvalue weighted by Gasteiger charge is 2.48. The topological polar surface area (TPSA) is 68.2 Å². The smallest absolute Gasteiger partial charge is 0.248 e. The summed E-state index contributed by atoms with van der Waals surface area (Å²) in [6.45, 7) is 11.6. The van der Waals surface area contributed by atoms with Gasteiger partial charge >= 0.3 is 0 Å². The molecule has 1 N–H and O–H groups in total. The first-order valence-corrected chi connectivity index (χ1v) is 14.6. The van der Waals surface area contributed by atoms with Crippen molar-refractivity contribution in [3.63, 3.8) is 0 Å². The fourth-order valence-corrected chi connectivity index (χ4v) is 6.11. The second-order valence-electron chi connectivity index (χ2n) is 11.9. The van der Waals surface area contributed by atoms with E-state index in [2.05, 4.69) is 39.8 Å². The number of hydrogen-bond donors (Lipinski definition) is 1. The van der Waals surface area contributed by atoms with Crippen LogP contribution in [0, 0.1) is 11.3 Å². The van der Waals surface area contributed by atoms with Gasteiger partial charge in [0.2, 0.25) is 5.91 Å². The van der Waals surface area contributed by atoms with Crippen LogP contribution in [0.25, 0.3) is 0 Å². The summed E-state index contributed by atoms with van der Waals surface area (Å²) >= 11 is 0. The predicted octanol–water partition coefficient (Wildman–Crippen LogP) is 6.34. The van der Waals surface area contributed by atoms with Crippen LogP contribution in [0.1, 0.15) is 104 Å². The van der Waals surface area contributed by atoms with E-state index in [1.807, 2.05) is 17.9 Å². The van der Waals surface area contributed by atoms with E-state index >= 15 is 0 Å². The summed E-state index contributed by atoms with van der Waals surface area (Å²) in [5, 5.41) is 10.8. The number of methoxy groups -OCH3 is 1. The Bertz CT molecular complexity index is 852. The molecule has 6 nitrogen and oxygen atoms in total. The van der Waals surface area contributed by atoms with Gasteiger partial charge in [-0.15, -0.1) is 0 Å². The minimum atomic E-state index is -0.559. The number of aliphatic hydroxyl groups excluding tert-OH is 1. The second-order valence-corrected chi connectivity index (χ2v) is 11.9. The molecule has 3 aliphatic rings. The highest BCUT2D eigenvalue weighted by Crippen LogP contribution is 2.47. The third-order valence-electron chi connectivity index (χ3n) is 8.55. The highest BCUT2D eigenvalue weighted by atomic mass is 16.5. The number of likely N-dealkylation sites (tertiary alicyclic amines) is 1. The molecule has 0 spiro atoms. The summed E-state index contributed by atoms with van der Waals surface area (Å²) < 4.78 is 17.9. The monoisotopic (exact) mass is 517 g/mol. The van der Waals surface area contributed by atoms with Crippen molar-refractivity contribution in [2.75, 3.05) is 26.8 Å². The Kier molecular flexibility index (Phi) is 11.1. The van der Waals surface area contributed by atoms with Crippen LogP contribution in [0.15, 0.2) is 18.2 Å². The normalized spacial score (nSPS) is 28.9. The zero-order chi connectivity index (χ0) is 27.0. The maximum atomic E-state index is 13.1. The summed E-state index contributed by atoms with van der Waals surface area (Å²) in [5.74, 6) is 2.18. The lowest BCUT2D eigenvalue weighted by atomic mass is 9.72. The van der Waals surface area contributed by atoms with Gasteiger partial charge in [0.05, 0.1) is 25.4 Å². The van der Waals surface area contributed by atoms with E-state index in [4.69, 9.17) is 14.2 Å². The Morgan fingerprint density at radius 3 is 2.41 bits per heavy atom. The van der Waals surface area contributed by atoms with Crippen molar-refractivity contribution < 1.29 is 24.1 Å². The molecule has 1 unspecified atom stereocenters. The van der Waals surface area contributed by atoms with E-state index < -0.39 is 11.5 Å². The molecular weight excluding hydrogens is 466 g/mol. The molecule has 37 heavy (non-hydrogen) atoms. The molecule has 4 rings (SSSR count). The van der Waals surface area contributed by atoms with Gasteiger partial charge in [0, 0.05) is 24.4 Å². The van der Waals surface area contributed by atoms with Crippen molar-refractivity contribution >= 4 is 5.91 Å². The number of hydrogen-bond acceptors (Lipinski definition) is 5. The van der Waals surface area contributed by atoms with Gasteiger partial charge in [0.1, 0.15) is 6.61 Å². The van der Waals surface area contributed by atoms with Gasteiger partial charge in [-0.25, -0.2) is 0 Å². The van der Waals surface area contributed by atoms with Crippen LogP contribution in [0.3, 0.4) is 0 Å². The number of amides is 1. The number of carbonyl (C=O) groups is 1. The summed E-state index contributed by atoms with van der Waals surface area (Å²) in [6, 6.07) is 6.08. The molecule has 0 bridgehead atoms. The van der Waals surface area contributed by atoms with E-state index in [0.29, 0.717) is 19.0 Å². The van der Waals surface area contributed by atoms with Crippen molar-refractivity contribution in [2.45, 2.75) is 117 Å². The van der Waals surface area contributed by atoms with Crippen LogP contribution in [-0.2, 0) is 9.53 Å². The Hall–Kier alpha value is -1.79. The standard InChI is InChI=1S/C28H43NO5.C3H8/c1-19-8-7-11-23(14-19)33-17-27(31)29-16-24(28(3,18-29)20(2)30)21-12-13-25(32-4)26(15-21)34-22-9-5-6-10-22;1-3-2/h12-13,15,19-20,22-24,30H,5-11,14,16-18H2,1-4H3;3H2,1-2H3/t19-,20+,23?,24+,28+;/m1./s1. The Balaban J connectivity index is 0.00000121. The van der Waals surface area contributed by atoms with Crippen molar-refractivity contribution in [3.05, 3.63) is 23.8 Å². The first-order chi connectivity index (χ1) is 17.7. The molecule has 1 amide bonds. The number of carbonyl (C=O) groups excluding carboxylic acids is 1. The molecule has 1 heterocycles. The number of aliphatic hydroxyl groups is 1. The Labute approximate surface area is 225 Å². The fourth-order valence-electron chi connectivity index (χ4n) is 6.11. The lowest BCUT2D eigenvalue weighted by Gasteiger charge is -2.34. The SMILES string of the molecule is CCC.COc1ccc([C@@H]2CN(C(=O)COC3CCC[C@@H](C)C3)C[C@@]2(C)[C@H](C)O)cc1OC1CCCC1. The quantitative estimate of drug-likeness (QED) is 0.436. The van der Waals surface area contributed by atoms with E-state index in [-0.39, 0.29) is 30.6 Å². The van der Waals surface area contributed by atoms with E-state index in [1.54, 1.807) is 7.11 Å². The van der Waals surface area contributed by atoms with E-state index in [1.165, 1.54) is 32.1 Å². The molecule has 5 atom stereocenters.